The molecule has 3 rings (SSSR count). The van der Waals surface area contributed by atoms with E-state index in [1.54, 1.807) is 4.90 Å². The summed E-state index contributed by atoms with van der Waals surface area (Å²) in [6.45, 7) is 8.05. The van der Waals surface area contributed by atoms with E-state index in [0.29, 0.717) is 18.2 Å². The minimum atomic E-state index is -0.575. The zero-order valence-electron chi connectivity index (χ0n) is 14.9. The molecule has 2 aliphatic rings. The van der Waals surface area contributed by atoms with Crippen molar-refractivity contribution in [2.45, 2.75) is 70.9 Å². The van der Waals surface area contributed by atoms with Gasteiger partial charge in [0.05, 0.1) is 5.69 Å². The Labute approximate surface area is 142 Å². The van der Waals surface area contributed by atoms with Crippen LogP contribution in [0.5, 0.6) is 0 Å². The predicted molar refractivity (Wildman–Crippen MR) is 87.5 cm³/mol. The van der Waals surface area contributed by atoms with Crippen LogP contribution >= 0.6 is 0 Å². The zero-order valence-corrected chi connectivity index (χ0v) is 14.9. The number of piperidine rings is 1. The van der Waals surface area contributed by atoms with Gasteiger partial charge in [0.2, 0.25) is 5.76 Å². The van der Waals surface area contributed by atoms with Gasteiger partial charge in [-0.25, -0.2) is 9.78 Å². The Morgan fingerprint density at radius 1 is 1.29 bits per heavy atom. The molecule has 1 aliphatic carbocycles. The number of aromatic nitrogens is 1. The fourth-order valence-corrected chi connectivity index (χ4v) is 3.33. The van der Waals surface area contributed by atoms with Crippen molar-refractivity contribution in [3.8, 4) is 0 Å². The van der Waals surface area contributed by atoms with Gasteiger partial charge < -0.3 is 14.1 Å². The summed E-state index contributed by atoms with van der Waals surface area (Å²) in [5, 5.41) is 0. The van der Waals surface area contributed by atoms with Gasteiger partial charge in [0, 0.05) is 12.5 Å². The first kappa shape index (κ1) is 17.0. The molecule has 1 saturated heterocycles. The molecule has 6 nitrogen and oxygen atoms in total. The van der Waals surface area contributed by atoms with E-state index in [0.717, 1.165) is 31.4 Å². The van der Waals surface area contributed by atoms with Gasteiger partial charge in [0.1, 0.15) is 11.6 Å². The first-order valence-electron chi connectivity index (χ1n) is 8.75. The summed E-state index contributed by atoms with van der Waals surface area (Å²) in [7, 11) is 0. The van der Waals surface area contributed by atoms with Crippen molar-refractivity contribution in [3.63, 3.8) is 0 Å². The number of ether oxygens (including phenoxy) is 1. The molecule has 132 valence electrons. The van der Waals surface area contributed by atoms with Crippen molar-refractivity contribution in [3.05, 3.63) is 17.8 Å². The van der Waals surface area contributed by atoms with E-state index >= 15 is 0 Å². The third kappa shape index (κ3) is 3.47. The Morgan fingerprint density at radius 3 is 2.62 bits per heavy atom. The van der Waals surface area contributed by atoms with E-state index in [1.807, 2.05) is 27.7 Å². The number of nitrogens with zero attached hydrogens (tertiary/aromatic N) is 2. The summed E-state index contributed by atoms with van der Waals surface area (Å²) in [5.41, 5.74) is 0.162. The van der Waals surface area contributed by atoms with Crippen LogP contribution in [-0.4, -0.2) is 39.9 Å². The maximum absolute atomic E-state index is 13.0. The van der Waals surface area contributed by atoms with Gasteiger partial charge in [-0.2, -0.15) is 0 Å². The van der Waals surface area contributed by atoms with Gasteiger partial charge in [-0.15, -0.1) is 0 Å². The fourth-order valence-electron chi connectivity index (χ4n) is 3.33. The van der Waals surface area contributed by atoms with Crippen LogP contribution in [0, 0.1) is 5.92 Å². The maximum Gasteiger partial charge on any atom is 0.329 e. The molecular weight excluding hydrogens is 308 g/mol. The van der Waals surface area contributed by atoms with E-state index in [1.165, 1.54) is 6.39 Å². The van der Waals surface area contributed by atoms with Crippen molar-refractivity contribution in [2.75, 3.05) is 6.54 Å². The maximum atomic E-state index is 13.0. The number of carbonyl (C=O) groups excluding carboxylic acids is 2. The topological polar surface area (TPSA) is 72.6 Å². The standard InChI is InChI=1S/C18H26N2O4/c1-11-6-5-9-20(14(11)17(22)24-18(2,3)4)16(21)15-13(12-7-8-12)19-10-23-15/h10-12,14H,5-9H2,1-4H3. The van der Waals surface area contributed by atoms with E-state index in [4.69, 9.17) is 9.15 Å². The van der Waals surface area contributed by atoms with Gasteiger partial charge in [0.25, 0.3) is 5.91 Å². The van der Waals surface area contributed by atoms with Gasteiger partial charge in [-0.05, 0) is 52.4 Å². The first-order valence-corrected chi connectivity index (χ1v) is 8.75. The molecule has 0 bridgehead atoms. The third-order valence-corrected chi connectivity index (χ3v) is 4.60. The molecule has 2 fully saturated rings. The second-order valence-electron chi connectivity index (χ2n) is 7.94. The van der Waals surface area contributed by atoms with Crippen LogP contribution in [0.15, 0.2) is 10.8 Å². The van der Waals surface area contributed by atoms with Gasteiger partial charge in [-0.3, -0.25) is 4.79 Å². The average Bonchev–Trinajstić information content (AvgIpc) is 3.21. The summed E-state index contributed by atoms with van der Waals surface area (Å²) in [6, 6.07) is -0.567. The van der Waals surface area contributed by atoms with Gasteiger partial charge >= 0.3 is 5.97 Å². The lowest BCUT2D eigenvalue weighted by atomic mass is 9.90. The Hall–Kier alpha value is -1.85. The van der Waals surface area contributed by atoms with Crippen molar-refractivity contribution >= 4 is 11.9 Å². The molecule has 2 heterocycles. The molecule has 2 unspecified atom stereocenters. The third-order valence-electron chi connectivity index (χ3n) is 4.60. The Bertz CT molecular complexity index is 627. The molecule has 24 heavy (non-hydrogen) atoms. The number of oxazole rings is 1. The second-order valence-corrected chi connectivity index (χ2v) is 7.94. The quantitative estimate of drug-likeness (QED) is 0.794. The normalized spacial score (nSPS) is 24.8. The van der Waals surface area contributed by atoms with Crippen LogP contribution in [0.2, 0.25) is 0 Å². The molecule has 0 spiro atoms. The predicted octanol–water partition coefficient (Wildman–Crippen LogP) is 3.13. The van der Waals surface area contributed by atoms with Crippen LogP contribution in [0.3, 0.4) is 0 Å². The summed E-state index contributed by atoms with van der Waals surface area (Å²) >= 11 is 0. The van der Waals surface area contributed by atoms with Crippen LogP contribution < -0.4 is 0 Å². The molecule has 2 atom stereocenters. The lowest BCUT2D eigenvalue weighted by molar-refractivity contribution is -0.163. The van der Waals surface area contributed by atoms with Gasteiger partial charge in [-0.1, -0.05) is 6.92 Å². The minimum absolute atomic E-state index is 0.0600. The molecule has 0 N–H and O–H groups in total. The Balaban J connectivity index is 1.84. The number of esters is 1. The number of rotatable bonds is 3. The molecule has 1 aliphatic heterocycles. The minimum Gasteiger partial charge on any atom is -0.458 e. The number of hydrogen-bond donors (Lipinski definition) is 0. The highest BCUT2D eigenvalue weighted by molar-refractivity contribution is 5.96. The van der Waals surface area contributed by atoms with E-state index in [9.17, 15) is 9.59 Å². The number of amides is 1. The summed E-state index contributed by atoms with van der Waals surface area (Å²) in [6.07, 6.45) is 5.19. The SMILES string of the molecule is CC1CCCN(C(=O)c2ocnc2C2CC2)C1C(=O)OC(C)(C)C. The summed E-state index contributed by atoms with van der Waals surface area (Å²) < 4.78 is 10.9. The van der Waals surface area contributed by atoms with Crippen molar-refractivity contribution in [1.29, 1.82) is 0 Å². The summed E-state index contributed by atoms with van der Waals surface area (Å²) in [5.74, 6) is 0.0993. The highest BCUT2D eigenvalue weighted by Crippen LogP contribution is 2.41. The van der Waals surface area contributed by atoms with Crippen LogP contribution in [-0.2, 0) is 9.53 Å². The molecule has 0 radical (unpaired) electrons. The fraction of sp³-hybridized carbons (Fsp3) is 0.722. The Kier molecular flexibility index (Phi) is 4.40. The van der Waals surface area contributed by atoms with Crippen molar-refractivity contribution in [1.82, 2.24) is 9.88 Å². The van der Waals surface area contributed by atoms with E-state index in [-0.39, 0.29) is 17.8 Å². The lowest BCUT2D eigenvalue weighted by Crippen LogP contribution is -2.53. The monoisotopic (exact) mass is 334 g/mol. The molecule has 1 saturated carbocycles. The van der Waals surface area contributed by atoms with Crippen LogP contribution in [0.1, 0.15) is 75.5 Å². The van der Waals surface area contributed by atoms with Gasteiger partial charge in [0.15, 0.2) is 6.39 Å². The lowest BCUT2D eigenvalue weighted by Gasteiger charge is -2.39. The highest BCUT2D eigenvalue weighted by Gasteiger charge is 2.42. The van der Waals surface area contributed by atoms with Crippen LogP contribution in [0.25, 0.3) is 0 Å². The van der Waals surface area contributed by atoms with E-state index < -0.39 is 11.6 Å². The van der Waals surface area contributed by atoms with Crippen LogP contribution in [0.4, 0.5) is 0 Å². The second kappa shape index (κ2) is 6.22. The molecule has 1 amide bonds. The number of hydrogen-bond acceptors (Lipinski definition) is 5. The summed E-state index contributed by atoms with van der Waals surface area (Å²) in [4.78, 5) is 31.5. The molecule has 0 aromatic carbocycles. The zero-order chi connectivity index (χ0) is 17.5. The molecule has 6 heteroatoms. The molecule has 1 aromatic rings. The van der Waals surface area contributed by atoms with E-state index in [2.05, 4.69) is 4.98 Å². The molecular formula is C18H26N2O4. The van der Waals surface area contributed by atoms with Crippen molar-refractivity contribution in [2.24, 2.45) is 5.92 Å². The molecule has 1 aromatic heterocycles. The number of carbonyl (C=O) groups is 2. The average molecular weight is 334 g/mol. The number of likely N-dealkylation sites (tertiary alicyclic amines) is 1. The first-order chi connectivity index (χ1) is 11.3. The Morgan fingerprint density at radius 2 is 2.00 bits per heavy atom. The van der Waals surface area contributed by atoms with Crippen molar-refractivity contribution < 1.29 is 18.7 Å². The smallest absolute Gasteiger partial charge is 0.329 e. The highest BCUT2D eigenvalue weighted by atomic mass is 16.6. The largest absolute Gasteiger partial charge is 0.458 e.